The molecule has 3 heterocycles. The number of hydrogen-bond acceptors (Lipinski definition) is 5. The van der Waals surface area contributed by atoms with E-state index < -0.39 is 29.2 Å². The Labute approximate surface area is 263 Å². The Balaban J connectivity index is 1.39. The number of alkyl halides is 1. The van der Waals surface area contributed by atoms with Crippen molar-refractivity contribution in [3.05, 3.63) is 95.6 Å². The summed E-state index contributed by atoms with van der Waals surface area (Å²) in [5.74, 6) is -2.02. The average molecular weight is 614 g/mol. The lowest BCUT2D eigenvalue weighted by Gasteiger charge is -2.33. The van der Waals surface area contributed by atoms with Crippen LogP contribution in [-0.2, 0) is 37.8 Å². The molecule has 0 aromatic heterocycles. The summed E-state index contributed by atoms with van der Waals surface area (Å²) >= 11 is 0. The number of aliphatic hydroxyl groups is 1. The van der Waals surface area contributed by atoms with Crippen LogP contribution >= 0.6 is 0 Å². The number of anilines is 2. The summed E-state index contributed by atoms with van der Waals surface area (Å²) in [5.41, 5.74) is 0.415. The first-order valence-corrected chi connectivity index (χ1v) is 15.6. The lowest BCUT2D eigenvalue weighted by molar-refractivity contribution is -0.150. The third-order valence-corrected chi connectivity index (χ3v) is 9.60. The summed E-state index contributed by atoms with van der Waals surface area (Å²) in [5, 5.41) is 9.76. The summed E-state index contributed by atoms with van der Waals surface area (Å²) in [6.45, 7) is 5.84. The van der Waals surface area contributed by atoms with Gasteiger partial charge in [-0.25, -0.2) is 4.39 Å². The lowest BCUT2D eigenvalue weighted by Crippen LogP contribution is -2.46. The molecule has 0 radical (unpaired) electrons. The summed E-state index contributed by atoms with van der Waals surface area (Å²) in [6, 6.07) is 24.6. The molecule has 8 nitrogen and oxygen atoms in total. The molecule has 3 aromatic rings. The van der Waals surface area contributed by atoms with Crippen LogP contribution in [-0.4, -0.2) is 59.2 Å². The van der Waals surface area contributed by atoms with Gasteiger partial charge in [-0.3, -0.25) is 14.4 Å². The van der Waals surface area contributed by atoms with E-state index in [1.807, 2.05) is 85.8 Å². The summed E-state index contributed by atoms with van der Waals surface area (Å²) in [4.78, 5) is 45.8. The first kappa shape index (κ1) is 30.9. The van der Waals surface area contributed by atoms with Gasteiger partial charge in [0.05, 0.1) is 31.4 Å². The molecule has 2 fully saturated rings. The molecule has 3 aliphatic rings. The molecule has 45 heavy (non-hydrogen) atoms. The van der Waals surface area contributed by atoms with Crippen LogP contribution < -0.4 is 9.80 Å². The molecule has 0 aliphatic carbocycles. The van der Waals surface area contributed by atoms with Crippen molar-refractivity contribution in [3.8, 4) is 0 Å². The number of amides is 3. The number of β-lactam (4-membered cyclic amide) rings is 1. The van der Waals surface area contributed by atoms with Gasteiger partial charge in [0.2, 0.25) is 11.8 Å². The number of carbonyl (C=O) groups is 3. The van der Waals surface area contributed by atoms with Crippen LogP contribution in [0.5, 0.6) is 0 Å². The Morgan fingerprint density at radius 3 is 2.29 bits per heavy atom. The Bertz CT molecular complexity index is 1580. The van der Waals surface area contributed by atoms with Crippen molar-refractivity contribution in [2.75, 3.05) is 29.5 Å². The number of hydrogen-bond donors (Lipinski definition) is 1. The van der Waals surface area contributed by atoms with E-state index >= 15 is 4.39 Å². The van der Waals surface area contributed by atoms with Crippen molar-refractivity contribution in [2.24, 2.45) is 11.8 Å². The fraction of sp³-hybridized carbons (Fsp3) is 0.417. The van der Waals surface area contributed by atoms with Gasteiger partial charge in [-0.1, -0.05) is 67.6 Å². The van der Waals surface area contributed by atoms with Gasteiger partial charge in [-0.05, 0) is 43.2 Å². The minimum Gasteiger partial charge on any atom is -0.395 e. The highest BCUT2D eigenvalue weighted by Gasteiger charge is 2.66. The standard InChI is InChI=1S/C36H40FN3O5/c1-24-33(35(2,3)37)30(21-32(43)38(18-19-41)22-25-10-6-4-7-11-25)45-36(24)28-20-27(39-17-16-31(39)42)14-15-29(28)40(34(36)44)23-26-12-8-5-9-13-26/h4-15,20,24,30,33,41H,16-19,21-23H2,1-3H3/t24-,30+,33-,36+/m0/s1. The predicted molar refractivity (Wildman–Crippen MR) is 169 cm³/mol. The van der Waals surface area contributed by atoms with Crippen LogP contribution in [0, 0.1) is 11.8 Å². The number of fused-ring (bicyclic) bond motifs is 2. The lowest BCUT2D eigenvalue weighted by atomic mass is 9.71. The quantitative estimate of drug-likeness (QED) is 0.326. The van der Waals surface area contributed by atoms with E-state index in [-0.39, 0.29) is 43.8 Å². The number of aliphatic hydroxyl groups excluding tert-OH is 1. The van der Waals surface area contributed by atoms with E-state index in [1.165, 1.54) is 13.8 Å². The molecule has 3 amide bonds. The van der Waals surface area contributed by atoms with E-state index in [0.29, 0.717) is 36.4 Å². The van der Waals surface area contributed by atoms with Gasteiger partial charge in [0, 0.05) is 49.1 Å². The van der Waals surface area contributed by atoms with E-state index in [1.54, 1.807) is 14.7 Å². The van der Waals surface area contributed by atoms with Gasteiger partial charge >= 0.3 is 0 Å². The summed E-state index contributed by atoms with van der Waals surface area (Å²) in [7, 11) is 0. The zero-order valence-corrected chi connectivity index (χ0v) is 26.0. The molecule has 9 heteroatoms. The third kappa shape index (κ3) is 5.53. The zero-order valence-electron chi connectivity index (χ0n) is 26.0. The van der Waals surface area contributed by atoms with Gasteiger partial charge in [0.25, 0.3) is 5.91 Å². The number of nitrogens with zero attached hydrogens (tertiary/aromatic N) is 3. The van der Waals surface area contributed by atoms with E-state index in [4.69, 9.17) is 4.74 Å². The Morgan fingerprint density at radius 1 is 1.04 bits per heavy atom. The van der Waals surface area contributed by atoms with E-state index in [2.05, 4.69) is 0 Å². The molecule has 0 bridgehead atoms. The van der Waals surface area contributed by atoms with Crippen molar-refractivity contribution in [2.45, 2.75) is 64.1 Å². The molecular weight excluding hydrogens is 573 g/mol. The maximum atomic E-state index is 16.2. The van der Waals surface area contributed by atoms with Crippen molar-refractivity contribution in [1.29, 1.82) is 0 Å². The van der Waals surface area contributed by atoms with Crippen LogP contribution in [0.2, 0.25) is 0 Å². The third-order valence-electron chi connectivity index (χ3n) is 9.60. The first-order chi connectivity index (χ1) is 21.5. The molecule has 3 aliphatic heterocycles. The topological polar surface area (TPSA) is 90.4 Å². The Kier molecular flexibility index (Phi) is 8.26. The predicted octanol–water partition coefficient (Wildman–Crippen LogP) is 4.98. The molecule has 3 aromatic carbocycles. The van der Waals surface area contributed by atoms with Crippen molar-refractivity contribution in [1.82, 2.24) is 4.90 Å². The van der Waals surface area contributed by atoms with Crippen LogP contribution in [0.1, 0.15) is 50.3 Å². The molecule has 236 valence electrons. The normalized spacial score (nSPS) is 24.2. The highest BCUT2D eigenvalue weighted by atomic mass is 19.1. The second-order valence-corrected chi connectivity index (χ2v) is 12.9. The summed E-state index contributed by atoms with van der Waals surface area (Å²) in [6.07, 6.45) is -0.598. The van der Waals surface area contributed by atoms with Gasteiger partial charge in [-0.2, -0.15) is 0 Å². The second kappa shape index (κ2) is 12.0. The van der Waals surface area contributed by atoms with Crippen molar-refractivity contribution in [3.63, 3.8) is 0 Å². The molecule has 2 saturated heterocycles. The number of rotatable bonds is 10. The first-order valence-electron chi connectivity index (χ1n) is 15.6. The number of ether oxygens (including phenoxy) is 1. The molecule has 1 N–H and O–H groups in total. The number of benzene rings is 3. The summed E-state index contributed by atoms with van der Waals surface area (Å²) < 4.78 is 23.0. The maximum absolute atomic E-state index is 16.2. The van der Waals surface area contributed by atoms with E-state index in [9.17, 15) is 19.5 Å². The molecule has 4 atom stereocenters. The van der Waals surface area contributed by atoms with Gasteiger partial charge in [0.15, 0.2) is 5.60 Å². The molecule has 1 spiro atoms. The fourth-order valence-electron chi connectivity index (χ4n) is 7.43. The SMILES string of the molecule is C[C@H]1[C@H](C(C)(C)F)[C@@H](CC(=O)N(CCO)Cc2ccccc2)O[C@]12C(=O)N(Cc1ccccc1)c1ccc(N3CCC3=O)cc12. The molecule has 0 unspecified atom stereocenters. The van der Waals surface area contributed by atoms with Gasteiger partial charge < -0.3 is 24.5 Å². The highest BCUT2D eigenvalue weighted by molar-refractivity contribution is 6.09. The average Bonchev–Trinajstić information content (AvgIpc) is 3.43. The Morgan fingerprint density at radius 2 is 1.71 bits per heavy atom. The smallest absolute Gasteiger partial charge is 0.264 e. The van der Waals surface area contributed by atoms with Crippen LogP contribution in [0.3, 0.4) is 0 Å². The van der Waals surface area contributed by atoms with Crippen LogP contribution in [0.4, 0.5) is 15.8 Å². The minimum absolute atomic E-state index is 0.00323. The van der Waals surface area contributed by atoms with Crippen LogP contribution in [0.25, 0.3) is 0 Å². The number of carbonyl (C=O) groups excluding carboxylic acids is 3. The molecule has 6 rings (SSSR count). The monoisotopic (exact) mass is 613 g/mol. The second-order valence-electron chi connectivity index (χ2n) is 12.9. The zero-order chi connectivity index (χ0) is 31.9. The Hall–Kier alpha value is -4.08. The van der Waals surface area contributed by atoms with E-state index in [0.717, 1.165) is 11.1 Å². The van der Waals surface area contributed by atoms with Gasteiger partial charge in [-0.15, -0.1) is 0 Å². The molecular formula is C36H40FN3O5. The molecule has 0 saturated carbocycles. The fourth-order valence-corrected chi connectivity index (χ4v) is 7.43. The highest BCUT2D eigenvalue weighted by Crippen LogP contribution is 2.59. The maximum Gasteiger partial charge on any atom is 0.264 e. The van der Waals surface area contributed by atoms with Gasteiger partial charge in [0.1, 0.15) is 5.67 Å². The largest absolute Gasteiger partial charge is 0.395 e. The van der Waals surface area contributed by atoms with Crippen LogP contribution in [0.15, 0.2) is 78.9 Å². The van der Waals surface area contributed by atoms with Crippen molar-refractivity contribution >= 4 is 29.1 Å². The number of halogens is 1. The van der Waals surface area contributed by atoms with Crippen molar-refractivity contribution < 1.29 is 28.6 Å². The minimum atomic E-state index is -1.78.